The van der Waals surface area contributed by atoms with E-state index in [9.17, 15) is 0 Å². The van der Waals surface area contributed by atoms with Crippen LogP contribution < -0.4 is 0 Å². The fraction of sp³-hybridized carbons (Fsp3) is 0.833. The van der Waals surface area contributed by atoms with E-state index in [-0.39, 0.29) is 0 Å². The van der Waals surface area contributed by atoms with Crippen LogP contribution in [0.15, 0.2) is 12.2 Å². The zero-order valence-electron chi connectivity index (χ0n) is 9.29. The van der Waals surface area contributed by atoms with Crippen LogP contribution in [-0.4, -0.2) is 22.0 Å². The van der Waals surface area contributed by atoms with Crippen molar-refractivity contribution < 1.29 is 0 Å². The second-order valence-electron chi connectivity index (χ2n) is 3.79. The highest BCUT2D eigenvalue weighted by atomic mass is 35.5. The van der Waals surface area contributed by atoms with Crippen LogP contribution in [0.1, 0.15) is 38.5 Å². The molecule has 0 N–H and O–H groups in total. The number of hydrogen-bond acceptors (Lipinski definition) is 2. The fourth-order valence-corrected chi connectivity index (χ4v) is 4.72. The molecule has 0 amide bonds. The molecular weight excluding hydrogens is 244 g/mol. The van der Waals surface area contributed by atoms with Crippen LogP contribution in [0.2, 0.25) is 0 Å². The van der Waals surface area contributed by atoms with Crippen LogP contribution in [0, 0.1) is 0 Å². The molecule has 0 spiro atoms. The van der Waals surface area contributed by atoms with Crippen molar-refractivity contribution in [1.29, 1.82) is 0 Å². The van der Waals surface area contributed by atoms with Gasteiger partial charge in [0.2, 0.25) is 0 Å². The first-order valence-corrected chi connectivity index (χ1v) is 8.51. The first kappa shape index (κ1) is 13.8. The Kier molecular flexibility index (Phi) is 9.12. The van der Waals surface area contributed by atoms with Crippen LogP contribution in [0.4, 0.5) is 0 Å². The van der Waals surface area contributed by atoms with Gasteiger partial charge in [0, 0.05) is 5.88 Å². The van der Waals surface area contributed by atoms with Crippen molar-refractivity contribution in [3.05, 3.63) is 12.2 Å². The van der Waals surface area contributed by atoms with Gasteiger partial charge in [-0.3, -0.25) is 0 Å². The maximum atomic E-state index is 5.55. The molecule has 0 radical (unpaired) electrons. The summed E-state index contributed by atoms with van der Waals surface area (Å²) in [4.78, 5) is 0. The van der Waals surface area contributed by atoms with E-state index in [4.69, 9.17) is 11.6 Å². The molecular formula is C12H21ClS2. The molecule has 88 valence electrons. The zero-order valence-corrected chi connectivity index (χ0v) is 11.7. The minimum Gasteiger partial charge on any atom is -0.148 e. The molecule has 0 bridgehead atoms. The highest BCUT2D eigenvalue weighted by Gasteiger charge is 2.13. The number of rotatable bonds is 7. The molecule has 1 rings (SSSR count). The first-order valence-electron chi connectivity index (χ1n) is 5.87. The quantitative estimate of drug-likeness (QED) is 0.363. The molecule has 15 heavy (non-hydrogen) atoms. The molecule has 0 aromatic rings. The van der Waals surface area contributed by atoms with Crippen molar-refractivity contribution in [2.45, 2.75) is 43.1 Å². The maximum Gasteiger partial charge on any atom is 0.0502 e. The standard InChI is InChI=1S/C12H21ClS2/c13-9-6-4-2-1-3-5-8-12-14-10-7-11-15-12/h4,6,12H,1-3,5,7-11H2/b6-4+. The van der Waals surface area contributed by atoms with Crippen molar-refractivity contribution in [3.8, 4) is 0 Å². The van der Waals surface area contributed by atoms with Gasteiger partial charge in [-0.15, -0.1) is 35.1 Å². The van der Waals surface area contributed by atoms with Crippen molar-refractivity contribution in [3.63, 3.8) is 0 Å². The second kappa shape index (κ2) is 9.92. The van der Waals surface area contributed by atoms with Crippen LogP contribution in [0.3, 0.4) is 0 Å². The summed E-state index contributed by atoms with van der Waals surface area (Å²) in [5.41, 5.74) is 0. The first-order chi connectivity index (χ1) is 7.43. The molecule has 0 saturated carbocycles. The van der Waals surface area contributed by atoms with Gasteiger partial charge < -0.3 is 0 Å². The van der Waals surface area contributed by atoms with Crippen LogP contribution >= 0.6 is 35.1 Å². The van der Waals surface area contributed by atoms with Gasteiger partial charge in [-0.05, 0) is 37.2 Å². The van der Waals surface area contributed by atoms with Crippen LogP contribution in [0.25, 0.3) is 0 Å². The Balaban J connectivity index is 1.85. The third kappa shape index (κ3) is 7.59. The molecule has 0 unspecified atom stereocenters. The molecule has 0 aliphatic carbocycles. The number of thioether (sulfide) groups is 2. The molecule has 0 aromatic heterocycles. The average Bonchev–Trinajstić information content (AvgIpc) is 2.29. The van der Waals surface area contributed by atoms with Gasteiger partial charge in [-0.2, -0.15) is 0 Å². The fourth-order valence-electron chi connectivity index (χ4n) is 1.63. The normalized spacial score (nSPS) is 18.7. The highest BCUT2D eigenvalue weighted by Crippen LogP contribution is 2.33. The largest absolute Gasteiger partial charge is 0.148 e. The molecule has 1 heterocycles. The number of halogens is 1. The molecule has 0 nitrogen and oxygen atoms in total. The summed E-state index contributed by atoms with van der Waals surface area (Å²) in [5.74, 6) is 3.43. The van der Waals surface area contributed by atoms with Crippen LogP contribution in [0.5, 0.6) is 0 Å². The van der Waals surface area contributed by atoms with E-state index in [1.54, 1.807) is 0 Å². The molecule has 0 aromatic carbocycles. The Bertz CT molecular complexity index is 165. The Labute approximate surface area is 108 Å². The van der Waals surface area contributed by atoms with Crippen molar-refractivity contribution >= 4 is 35.1 Å². The Morgan fingerprint density at radius 2 is 1.87 bits per heavy atom. The smallest absolute Gasteiger partial charge is 0.0502 e. The van der Waals surface area contributed by atoms with Gasteiger partial charge in [-0.25, -0.2) is 0 Å². The van der Waals surface area contributed by atoms with Gasteiger partial charge >= 0.3 is 0 Å². The van der Waals surface area contributed by atoms with E-state index in [0.717, 1.165) is 4.58 Å². The molecule has 1 aliphatic rings. The van der Waals surface area contributed by atoms with E-state index >= 15 is 0 Å². The summed E-state index contributed by atoms with van der Waals surface area (Å²) in [7, 11) is 0. The molecule has 1 aliphatic heterocycles. The maximum absolute atomic E-state index is 5.55. The predicted molar refractivity (Wildman–Crippen MR) is 76.3 cm³/mol. The summed E-state index contributed by atoms with van der Waals surface area (Å²) in [6.07, 6.45) is 12.4. The minimum absolute atomic E-state index is 0.662. The van der Waals surface area contributed by atoms with Crippen molar-refractivity contribution in [2.75, 3.05) is 17.4 Å². The Hall–Kier alpha value is 0.730. The Morgan fingerprint density at radius 1 is 1.07 bits per heavy atom. The minimum atomic E-state index is 0.662. The number of allylic oxidation sites excluding steroid dienone is 2. The predicted octanol–water partition coefficient (Wildman–Crippen LogP) is 4.93. The summed E-state index contributed by atoms with van der Waals surface area (Å²) < 4.78 is 0.900. The van der Waals surface area contributed by atoms with Gasteiger partial charge in [0.1, 0.15) is 0 Å². The second-order valence-corrected chi connectivity index (χ2v) is 7.02. The topological polar surface area (TPSA) is 0 Å². The lowest BCUT2D eigenvalue weighted by molar-refractivity contribution is 0.669. The third-order valence-electron chi connectivity index (χ3n) is 2.46. The van der Waals surface area contributed by atoms with Crippen molar-refractivity contribution in [1.82, 2.24) is 0 Å². The van der Waals surface area contributed by atoms with Gasteiger partial charge in [-0.1, -0.05) is 25.0 Å². The average molecular weight is 265 g/mol. The SMILES string of the molecule is ClC/C=C/CCCCCC1SCCCS1. The van der Waals surface area contributed by atoms with E-state index in [1.807, 2.05) is 6.08 Å². The molecule has 1 fully saturated rings. The summed E-state index contributed by atoms with van der Waals surface area (Å²) in [5, 5.41) is 0. The van der Waals surface area contributed by atoms with E-state index in [2.05, 4.69) is 29.6 Å². The van der Waals surface area contributed by atoms with Gasteiger partial charge in [0.15, 0.2) is 0 Å². The lowest BCUT2D eigenvalue weighted by Crippen LogP contribution is -2.06. The lowest BCUT2D eigenvalue weighted by atomic mass is 10.1. The summed E-state index contributed by atoms with van der Waals surface area (Å²) in [6.45, 7) is 0. The highest BCUT2D eigenvalue weighted by molar-refractivity contribution is 8.17. The van der Waals surface area contributed by atoms with E-state index in [0.29, 0.717) is 5.88 Å². The zero-order chi connectivity index (χ0) is 10.8. The third-order valence-corrected chi connectivity index (χ3v) is 5.72. The number of alkyl halides is 1. The monoisotopic (exact) mass is 264 g/mol. The summed E-state index contributed by atoms with van der Waals surface area (Å²) in [6, 6.07) is 0. The molecule has 3 heteroatoms. The van der Waals surface area contributed by atoms with Gasteiger partial charge in [0.05, 0.1) is 4.58 Å². The number of unbranched alkanes of at least 4 members (excludes halogenated alkanes) is 3. The molecule has 1 saturated heterocycles. The van der Waals surface area contributed by atoms with Gasteiger partial charge in [0.25, 0.3) is 0 Å². The lowest BCUT2D eigenvalue weighted by Gasteiger charge is -2.20. The van der Waals surface area contributed by atoms with Crippen molar-refractivity contribution in [2.24, 2.45) is 0 Å². The van der Waals surface area contributed by atoms with E-state index < -0.39 is 0 Å². The van der Waals surface area contributed by atoms with Crippen LogP contribution in [-0.2, 0) is 0 Å². The number of hydrogen-bond donors (Lipinski definition) is 0. The summed E-state index contributed by atoms with van der Waals surface area (Å²) >= 11 is 9.88. The Morgan fingerprint density at radius 3 is 2.60 bits per heavy atom. The van der Waals surface area contributed by atoms with E-state index in [1.165, 1.54) is 50.0 Å². The molecule has 0 atom stereocenters.